The second kappa shape index (κ2) is 37.2. The Hall–Kier alpha value is 1.02. The third kappa shape index (κ3) is 78.0. The summed E-state index contributed by atoms with van der Waals surface area (Å²) in [6.45, 7) is 0. The fraction of sp³-hybridized carbons (Fsp3) is 0. The Balaban J connectivity index is -0.0000000275. The molecular formula is O3PtSiTi. The van der Waals surface area contributed by atoms with Crippen LogP contribution in [-0.4, -0.2) is 9.29 Å². The van der Waals surface area contributed by atoms with E-state index in [2.05, 4.69) is 0 Å². The van der Waals surface area contributed by atoms with Crippen LogP contribution in [0.15, 0.2) is 0 Å². The molecule has 0 aliphatic heterocycles. The molecule has 0 radical (unpaired) electrons. The van der Waals surface area contributed by atoms with Gasteiger partial charge in [0.1, 0.15) is 0 Å². The molecule has 6 heteroatoms. The average Bonchev–Trinajstić information content (AvgIpc) is 1.46. The van der Waals surface area contributed by atoms with Gasteiger partial charge in [-0.25, -0.2) is 0 Å². The second-order valence-corrected chi connectivity index (χ2v) is 0.250. The Morgan fingerprint density at radius 1 is 1.17 bits per heavy atom. The van der Waals surface area contributed by atoms with E-state index in [1.807, 2.05) is 0 Å². The van der Waals surface area contributed by atoms with Crippen molar-refractivity contribution in [3.8, 4) is 0 Å². The van der Waals surface area contributed by atoms with Gasteiger partial charge < -0.3 is 0 Å². The van der Waals surface area contributed by atoms with E-state index in [0.29, 0.717) is 0 Å². The van der Waals surface area contributed by atoms with E-state index in [-0.39, 0.29) is 21.1 Å². The van der Waals surface area contributed by atoms with Crippen LogP contribution >= 0.6 is 0 Å². The van der Waals surface area contributed by atoms with Gasteiger partial charge in [0.15, 0.2) is 0 Å². The zero-order valence-corrected chi connectivity index (χ0v) is 7.37. The molecule has 0 N–H and O–H groups in total. The molecule has 0 spiro atoms. The van der Waals surface area contributed by atoms with Gasteiger partial charge in [-0.05, 0) is 0 Å². The van der Waals surface area contributed by atoms with Crippen LogP contribution in [0.4, 0.5) is 0 Å². The van der Waals surface area contributed by atoms with E-state index < -0.39 is 9.29 Å². The maximum atomic E-state index is 8.40. The molecule has 0 aromatic carbocycles. The Morgan fingerprint density at radius 3 is 1.17 bits per heavy atom. The molecule has 6 heavy (non-hydrogen) atoms. The molecule has 0 amide bonds. The summed E-state index contributed by atoms with van der Waals surface area (Å²) in [5.41, 5.74) is 0. The van der Waals surface area contributed by atoms with Crippen molar-refractivity contribution in [3.63, 3.8) is 0 Å². The van der Waals surface area contributed by atoms with Crippen LogP contribution in [0.5, 0.6) is 0 Å². The minimum absolute atomic E-state index is 0. The minimum Gasteiger partial charge on any atom is 0 e. The van der Waals surface area contributed by atoms with Crippen molar-refractivity contribution >= 4 is 9.29 Å². The van der Waals surface area contributed by atoms with Crippen LogP contribution in [0.1, 0.15) is 0 Å². The summed E-state index contributed by atoms with van der Waals surface area (Å²) in [5.74, 6) is 0. The molecule has 0 aliphatic carbocycles. The summed E-state index contributed by atoms with van der Waals surface area (Å²) < 4.78 is 25.1. The van der Waals surface area contributed by atoms with Crippen LogP contribution in [0.3, 0.4) is 0 Å². The van der Waals surface area contributed by atoms with Crippen LogP contribution in [0.25, 0.3) is 0 Å². The SMILES string of the molecule is O=[Si]=O.[O]=[Ti].[Pt]. The van der Waals surface area contributed by atoms with Gasteiger partial charge in [0.25, 0.3) is 0 Å². The molecule has 0 bridgehead atoms. The number of hydrogen-bond acceptors (Lipinski definition) is 3. The first-order chi connectivity index (χ1) is 2.41. The van der Waals surface area contributed by atoms with Gasteiger partial charge in [0.2, 0.25) is 0 Å². The maximum Gasteiger partial charge on any atom is 0 e. The zero-order chi connectivity index (χ0) is 4.71. The average molecular weight is 319 g/mol. The van der Waals surface area contributed by atoms with Crippen molar-refractivity contribution < 1.29 is 53.7 Å². The first kappa shape index (κ1) is 15.7. The van der Waals surface area contributed by atoms with Crippen molar-refractivity contribution in [2.75, 3.05) is 0 Å². The molecule has 0 saturated heterocycles. The van der Waals surface area contributed by atoms with Crippen LogP contribution in [0.2, 0.25) is 0 Å². The smallest absolute Gasteiger partial charge is 0 e. The van der Waals surface area contributed by atoms with Gasteiger partial charge in [-0.3, -0.25) is 8.92 Å². The summed E-state index contributed by atoms with van der Waals surface area (Å²) in [6, 6.07) is 0. The van der Waals surface area contributed by atoms with Gasteiger partial charge >= 0.3 is 33.0 Å². The summed E-state index contributed by atoms with van der Waals surface area (Å²) in [7, 11) is -1.42. The summed E-state index contributed by atoms with van der Waals surface area (Å²) >= 11 is 0.750. The third-order valence-corrected chi connectivity index (χ3v) is 0. The molecule has 0 aliphatic rings. The van der Waals surface area contributed by atoms with Gasteiger partial charge in [-0.2, -0.15) is 0 Å². The minimum atomic E-state index is -1.42. The summed E-state index contributed by atoms with van der Waals surface area (Å²) in [4.78, 5) is 0. The standard InChI is InChI=1S/O2Si.O.Pt.Ti/c1-3-2;;;. The normalized spacial score (nSPS) is 1.83. The first-order valence-corrected chi connectivity index (χ1v) is 2.07. The Kier molecular flexibility index (Phi) is 97.6. The Labute approximate surface area is 62.8 Å². The zero-order valence-electron chi connectivity index (χ0n) is 2.54. The van der Waals surface area contributed by atoms with Crippen molar-refractivity contribution in [3.05, 3.63) is 0 Å². The van der Waals surface area contributed by atoms with E-state index >= 15 is 0 Å². The van der Waals surface area contributed by atoms with Gasteiger partial charge in [0.05, 0.1) is 0 Å². The molecule has 0 unspecified atom stereocenters. The fourth-order valence-electron chi connectivity index (χ4n) is 0. The van der Waals surface area contributed by atoms with Gasteiger partial charge in [0, 0.05) is 21.1 Å². The quantitative estimate of drug-likeness (QED) is 0.553. The Bertz CT molecular complexity index is 40.1. The molecule has 0 aromatic heterocycles. The van der Waals surface area contributed by atoms with Crippen LogP contribution in [0, 0.1) is 0 Å². The molecule has 0 saturated carbocycles. The molecular weight excluding hydrogens is 319 g/mol. The van der Waals surface area contributed by atoms with Crippen molar-refractivity contribution in [1.82, 2.24) is 0 Å². The van der Waals surface area contributed by atoms with E-state index in [0.717, 1.165) is 20.4 Å². The predicted octanol–water partition coefficient (Wildman–Crippen LogP) is -0.742. The maximum absolute atomic E-state index is 8.40. The van der Waals surface area contributed by atoms with E-state index in [9.17, 15) is 0 Å². The first-order valence-electron chi connectivity index (χ1n) is 0.612. The topological polar surface area (TPSA) is 51.2 Å². The summed E-state index contributed by atoms with van der Waals surface area (Å²) in [6.07, 6.45) is 0. The molecule has 36 valence electrons. The number of rotatable bonds is 0. The van der Waals surface area contributed by atoms with Gasteiger partial charge in [-0.1, -0.05) is 0 Å². The van der Waals surface area contributed by atoms with Crippen molar-refractivity contribution in [2.24, 2.45) is 0 Å². The monoisotopic (exact) mass is 319 g/mol. The molecule has 3 nitrogen and oxygen atoms in total. The van der Waals surface area contributed by atoms with E-state index in [4.69, 9.17) is 12.2 Å². The largest absolute Gasteiger partial charge is 0 e. The number of hydrogen-bond donors (Lipinski definition) is 0. The molecule has 0 fully saturated rings. The Morgan fingerprint density at radius 2 is 1.17 bits per heavy atom. The predicted molar refractivity (Wildman–Crippen MR) is 7.81 cm³/mol. The van der Waals surface area contributed by atoms with E-state index in [1.54, 1.807) is 0 Å². The van der Waals surface area contributed by atoms with E-state index in [1.165, 1.54) is 0 Å². The molecule has 0 aromatic rings. The van der Waals surface area contributed by atoms with Gasteiger partial charge in [-0.15, -0.1) is 0 Å². The molecule has 0 heterocycles. The van der Waals surface area contributed by atoms with Crippen LogP contribution < -0.4 is 0 Å². The summed E-state index contributed by atoms with van der Waals surface area (Å²) in [5, 5.41) is 0. The van der Waals surface area contributed by atoms with Crippen molar-refractivity contribution in [1.29, 1.82) is 0 Å². The van der Waals surface area contributed by atoms with Crippen LogP contribution in [-0.2, 0) is 53.7 Å². The third-order valence-electron chi connectivity index (χ3n) is 0. The second-order valence-electron chi connectivity index (χ2n) is 0.0833. The van der Waals surface area contributed by atoms with Crippen molar-refractivity contribution in [2.45, 2.75) is 0 Å². The molecule has 0 atom stereocenters. The fourth-order valence-corrected chi connectivity index (χ4v) is 0. The molecule has 0 rings (SSSR count).